The van der Waals surface area contributed by atoms with Gasteiger partial charge < -0.3 is 15.3 Å². The molecule has 0 radical (unpaired) electrons. The van der Waals surface area contributed by atoms with Crippen LogP contribution >= 0.6 is 0 Å². The van der Waals surface area contributed by atoms with Crippen LogP contribution in [0.1, 0.15) is 24.5 Å². The van der Waals surface area contributed by atoms with Crippen molar-refractivity contribution in [1.29, 1.82) is 0 Å². The molecule has 1 unspecified atom stereocenters. The minimum atomic E-state index is -0.395. The molecule has 0 aliphatic heterocycles. The average molecular weight is 330 g/mol. The zero-order chi connectivity index (χ0) is 17.5. The summed E-state index contributed by atoms with van der Waals surface area (Å²) in [5.41, 5.74) is 2.24. The maximum atomic E-state index is 13.4. The van der Waals surface area contributed by atoms with Gasteiger partial charge in [-0.05, 0) is 43.5 Å². The fraction of sp³-hybridized carbons (Fsp3) is 0.316. The third-order valence-electron chi connectivity index (χ3n) is 3.98. The normalized spacial score (nSPS) is 11.8. The van der Waals surface area contributed by atoms with Crippen molar-refractivity contribution in [3.8, 4) is 0 Å². The van der Waals surface area contributed by atoms with Gasteiger partial charge in [-0.15, -0.1) is 0 Å². The predicted molar refractivity (Wildman–Crippen MR) is 93.3 cm³/mol. The molecule has 0 aliphatic carbocycles. The van der Waals surface area contributed by atoms with Gasteiger partial charge in [-0.3, -0.25) is 0 Å². The third kappa shape index (κ3) is 4.80. The molecule has 0 bridgehead atoms. The summed E-state index contributed by atoms with van der Waals surface area (Å²) in [6.07, 6.45) is 0.475. The molecule has 0 saturated carbocycles. The maximum absolute atomic E-state index is 13.4. The zero-order valence-electron chi connectivity index (χ0n) is 14.0. The SMILES string of the molecule is Cc1ccc(F)cc1NC(=O)N(Cc1ccccc1)C(C)CCO. The van der Waals surface area contributed by atoms with Crippen LogP contribution in [0.15, 0.2) is 48.5 Å². The van der Waals surface area contributed by atoms with E-state index in [2.05, 4.69) is 5.32 Å². The molecule has 0 heterocycles. The number of aliphatic hydroxyl groups excluding tert-OH is 1. The number of carbonyl (C=O) groups is 1. The molecular formula is C19H23FN2O2. The van der Waals surface area contributed by atoms with Crippen LogP contribution in [0.25, 0.3) is 0 Å². The lowest BCUT2D eigenvalue weighted by atomic mass is 10.1. The molecule has 0 fully saturated rings. The predicted octanol–water partition coefficient (Wildman–Crippen LogP) is 3.94. The maximum Gasteiger partial charge on any atom is 0.322 e. The summed E-state index contributed by atoms with van der Waals surface area (Å²) in [4.78, 5) is 14.4. The standard InChI is InChI=1S/C19H23FN2O2/c1-14-8-9-17(20)12-18(14)21-19(24)22(15(2)10-11-23)13-16-6-4-3-5-7-16/h3-9,12,15,23H,10-11,13H2,1-2H3,(H,21,24). The Bertz CT molecular complexity index is 676. The number of nitrogens with zero attached hydrogens (tertiary/aromatic N) is 1. The molecule has 24 heavy (non-hydrogen) atoms. The van der Waals surface area contributed by atoms with E-state index in [1.807, 2.05) is 44.2 Å². The van der Waals surface area contributed by atoms with Crippen LogP contribution in [0.2, 0.25) is 0 Å². The first-order valence-corrected chi connectivity index (χ1v) is 8.00. The van der Waals surface area contributed by atoms with Crippen molar-refractivity contribution in [2.24, 2.45) is 0 Å². The second-order valence-corrected chi connectivity index (χ2v) is 5.86. The molecule has 2 aromatic carbocycles. The fourth-order valence-electron chi connectivity index (χ4n) is 2.47. The van der Waals surface area contributed by atoms with Gasteiger partial charge in [0.1, 0.15) is 5.82 Å². The molecule has 5 heteroatoms. The molecule has 2 N–H and O–H groups in total. The summed E-state index contributed by atoms with van der Waals surface area (Å²) in [5, 5.41) is 12.0. The van der Waals surface area contributed by atoms with E-state index >= 15 is 0 Å². The molecule has 2 rings (SSSR count). The van der Waals surface area contributed by atoms with Crippen molar-refractivity contribution >= 4 is 11.7 Å². The summed E-state index contributed by atoms with van der Waals surface area (Å²) in [6, 6.07) is 13.5. The van der Waals surface area contributed by atoms with Crippen molar-refractivity contribution in [2.45, 2.75) is 32.9 Å². The number of amides is 2. The Morgan fingerprint density at radius 1 is 1.25 bits per heavy atom. The number of urea groups is 1. The summed E-state index contributed by atoms with van der Waals surface area (Å²) < 4.78 is 13.4. The quantitative estimate of drug-likeness (QED) is 0.843. The molecule has 128 valence electrons. The Morgan fingerprint density at radius 3 is 2.62 bits per heavy atom. The number of benzene rings is 2. The van der Waals surface area contributed by atoms with Crippen LogP contribution in [0.3, 0.4) is 0 Å². The number of hydrogen-bond acceptors (Lipinski definition) is 2. The van der Waals surface area contributed by atoms with Gasteiger partial charge in [0.05, 0.1) is 0 Å². The third-order valence-corrected chi connectivity index (χ3v) is 3.98. The van der Waals surface area contributed by atoms with Crippen molar-refractivity contribution in [3.05, 3.63) is 65.5 Å². The van der Waals surface area contributed by atoms with Crippen molar-refractivity contribution in [2.75, 3.05) is 11.9 Å². The molecule has 0 aliphatic rings. The second-order valence-electron chi connectivity index (χ2n) is 5.86. The first kappa shape index (κ1) is 17.9. The minimum Gasteiger partial charge on any atom is -0.396 e. The monoisotopic (exact) mass is 330 g/mol. The highest BCUT2D eigenvalue weighted by molar-refractivity contribution is 5.90. The minimum absolute atomic E-state index is 0.00126. The van der Waals surface area contributed by atoms with Crippen LogP contribution in [0.5, 0.6) is 0 Å². The Kier molecular flexibility index (Phi) is 6.32. The van der Waals surface area contributed by atoms with E-state index in [0.29, 0.717) is 18.7 Å². The first-order chi connectivity index (χ1) is 11.5. The molecule has 0 spiro atoms. The number of carbonyl (C=O) groups excluding carboxylic acids is 1. The Balaban J connectivity index is 2.18. The number of hydrogen-bond donors (Lipinski definition) is 2. The number of aliphatic hydroxyl groups is 1. The zero-order valence-corrected chi connectivity index (χ0v) is 14.0. The Morgan fingerprint density at radius 2 is 1.96 bits per heavy atom. The van der Waals surface area contributed by atoms with E-state index in [4.69, 9.17) is 0 Å². The van der Waals surface area contributed by atoms with Gasteiger partial charge in [0, 0.05) is 24.9 Å². The van der Waals surface area contributed by atoms with Crippen LogP contribution in [-0.4, -0.2) is 28.7 Å². The average Bonchev–Trinajstić information content (AvgIpc) is 2.57. The van der Waals surface area contributed by atoms with Gasteiger partial charge in [0.15, 0.2) is 0 Å². The van der Waals surface area contributed by atoms with Crippen LogP contribution < -0.4 is 5.32 Å². The van der Waals surface area contributed by atoms with E-state index in [0.717, 1.165) is 11.1 Å². The first-order valence-electron chi connectivity index (χ1n) is 8.00. The van der Waals surface area contributed by atoms with E-state index < -0.39 is 5.82 Å². The number of anilines is 1. The fourth-order valence-corrected chi connectivity index (χ4v) is 2.47. The van der Waals surface area contributed by atoms with Gasteiger partial charge in [0.25, 0.3) is 0 Å². The van der Waals surface area contributed by atoms with Crippen LogP contribution in [0.4, 0.5) is 14.9 Å². The van der Waals surface area contributed by atoms with Gasteiger partial charge in [-0.1, -0.05) is 36.4 Å². The van der Waals surface area contributed by atoms with Crippen molar-refractivity contribution in [3.63, 3.8) is 0 Å². The van der Waals surface area contributed by atoms with Crippen molar-refractivity contribution < 1.29 is 14.3 Å². The summed E-state index contributed by atoms with van der Waals surface area (Å²) >= 11 is 0. The molecule has 4 nitrogen and oxygen atoms in total. The van der Waals surface area contributed by atoms with Crippen LogP contribution in [-0.2, 0) is 6.54 Å². The number of halogens is 1. The molecule has 0 aromatic heterocycles. The second kappa shape index (κ2) is 8.45. The largest absolute Gasteiger partial charge is 0.396 e. The molecule has 2 amide bonds. The van der Waals surface area contributed by atoms with Crippen LogP contribution in [0, 0.1) is 12.7 Å². The Hall–Kier alpha value is -2.40. The van der Waals surface area contributed by atoms with E-state index in [9.17, 15) is 14.3 Å². The topological polar surface area (TPSA) is 52.6 Å². The highest BCUT2D eigenvalue weighted by Gasteiger charge is 2.21. The molecule has 1 atom stereocenters. The molecule has 2 aromatic rings. The lowest BCUT2D eigenvalue weighted by molar-refractivity contribution is 0.169. The van der Waals surface area contributed by atoms with E-state index in [-0.39, 0.29) is 18.7 Å². The smallest absolute Gasteiger partial charge is 0.322 e. The van der Waals surface area contributed by atoms with Crippen molar-refractivity contribution in [1.82, 2.24) is 4.90 Å². The lowest BCUT2D eigenvalue weighted by Gasteiger charge is -2.29. The number of aryl methyl sites for hydroxylation is 1. The van der Waals surface area contributed by atoms with Gasteiger partial charge in [-0.2, -0.15) is 0 Å². The summed E-state index contributed by atoms with van der Waals surface area (Å²) in [5.74, 6) is -0.395. The van der Waals surface area contributed by atoms with Gasteiger partial charge in [-0.25, -0.2) is 9.18 Å². The Labute approximate surface area is 141 Å². The molecular weight excluding hydrogens is 307 g/mol. The van der Waals surface area contributed by atoms with Gasteiger partial charge in [0.2, 0.25) is 0 Å². The van der Waals surface area contributed by atoms with E-state index in [1.165, 1.54) is 12.1 Å². The summed E-state index contributed by atoms with van der Waals surface area (Å²) in [7, 11) is 0. The van der Waals surface area contributed by atoms with E-state index in [1.54, 1.807) is 11.0 Å². The lowest BCUT2D eigenvalue weighted by Crippen LogP contribution is -2.41. The number of rotatable bonds is 6. The molecule has 0 saturated heterocycles. The highest BCUT2D eigenvalue weighted by atomic mass is 19.1. The van der Waals surface area contributed by atoms with Gasteiger partial charge >= 0.3 is 6.03 Å². The highest BCUT2D eigenvalue weighted by Crippen LogP contribution is 2.18. The number of nitrogens with one attached hydrogen (secondary N) is 1. The summed E-state index contributed by atoms with van der Waals surface area (Å²) in [6.45, 7) is 4.12.